The quantitative estimate of drug-likeness (QED) is 0.237. The van der Waals surface area contributed by atoms with Gasteiger partial charge in [0.2, 0.25) is 0 Å². The molecular weight excluding hydrogens is 384 g/mol. The van der Waals surface area contributed by atoms with Crippen molar-refractivity contribution in [1.29, 1.82) is 0 Å². The van der Waals surface area contributed by atoms with E-state index in [9.17, 15) is 9.59 Å². The summed E-state index contributed by atoms with van der Waals surface area (Å²) in [5.41, 5.74) is 1.95. The fourth-order valence-electron chi connectivity index (χ4n) is 3.76. The third-order valence-electron chi connectivity index (χ3n) is 5.20. The van der Waals surface area contributed by atoms with Crippen molar-refractivity contribution >= 4 is 54.4 Å². The van der Waals surface area contributed by atoms with E-state index in [0.29, 0.717) is 12.8 Å². The number of ketones is 2. The van der Waals surface area contributed by atoms with Crippen molar-refractivity contribution in [1.82, 2.24) is 0 Å². The zero-order valence-electron chi connectivity index (χ0n) is 16.1. The molecule has 2 aromatic heterocycles. The van der Waals surface area contributed by atoms with Gasteiger partial charge < -0.3 is 0 Å². The average molecular weight is 407 g/mol. The topological polar surface area (TPSA) is 34.1 Å². The highest BCUT2D eigenvalue weighted by Crippen LogP contribution is 2.33. The fraction of sp³-hybridized carbons (Fsp3) is 0.250. The third-order valence-corrected chi connectivity index (χ3v) is 7.61. The number of rotatable bonds is 7. The first-order valence-corrected chi connectivity index (χ1v) is 11.2. The van der Waals surface area contributed by atoms with Gasteiger partial charge in [-0.1, -0.05) is 36.4 Å². The van der Waals surface area contributed by atoms with Gasteiger partial charge in [0.25, 0.3) is 0 Å². The Morgan fingerprint density at radius 1 is 0.750 bits per heavy atom. The van der Waals surface area contributed by atoms with Crippen LogP contribution in [0.5, 0.6) is 0 Å². The number of Topliss-reactive ketones (excluding diaryl/α,β-unsaturated/α-hetero) is 2. The van der Waals surface area contributed by atoms with Crippen LogP contribution in [0.4, 0.5) is 0 Å². The van der Waals surface area contributed by atoms with E-state index < -0.39 is 0 Å². The highest BCUT2D eigenvalue weighted by atomic mass is 32.1. The Morgan fingerprint density at radius 3 is 2.00 bits per heavy atom. The molecule has 0 N–H and O–H groups in total. The fourth-order valence-corrected chi connectivity index (χ4v) is 6.02. The van der Waals surface area contributed by atoms with Crippen LogP contribution in [0, 0.1) is 13.8 Å². The van der Waals surface area contributed by atoms with Crippen molar-refractivity contribution in [3.05, 3.63) is 69.4 Å². The lowest BCUT2D eigenvalue weighted by Crippen LogP contribution is -2.02. The number of benzene rings is 2. The standard InChI is InChI=1S/C24H22O2S2/c1-15-17-9-3-7-13-21(17)28-24(15)20(26)12-6-5-11-19(25)23-16(2)27-22-14-8-4-10-18(22)23/h3-4,7-10,13-14H,5-6,11-12H2,1-2H3. The predicted octanol–water partition coefficient (Wildman–Crippen LogP) is 7.36. The van der Waals surface area contributed by atoms with Crippen LogP contribution in [0.25, 0.3) is 20.2 Å². The molecular formula is C24H22O2S2. The molecule has 4 aromatic rings. The molecule has 2 aromatic carbocycles. The Labute approximate surface area is 172 Å². The van der Waals surface area contributed by atoms with Gasteiger partial charge >= 0.3 is 0 Å². The highest BCUT2D eigenvalue weighted by Gasteiger charge is 2.17. The van der Waals surface area contributed by atoms with Crippen molar-refractivity contribution in [3.63, 3.8) is 0 Å². The molecule has 0 radical (unpaired) electrons. The van der Waals surface area contributed by atoms with Crippen molar-refractivity contribution in [2.45, 2.75) is 39.5 Å². The van der Waals surface area contributed by atoms with Gasteiger partial charge in [-0.25, -0.2) is 0 Å². The van der Waals surface area contributed by atoms with E-state index in [0.717, 1.165) is 39.1 Å². The second kappa shape index (κ2) is 7.98. The summed E-state index contributed by atoms with van der Waals surface area (Å²) in [6.45, 7) is 4.05. The molecule has 0 aliphatic carbocycles. The number of unbranched alkanes of at least 4 members (excludes halogenated alkanes) is 1. The van der Waals surface area contributed by atoms with Crippen molar-refractivity contribution in [2.24, 2.45) is 0 Å². The minimum Gasteiger partial charge on any atom is -0.294 e. The number of thiophene rings is 2. The van der Waals surface area contributed by atoms with Gasteiger partial charge in [-0.2, -0.15) is 0 Å². The average Bonchev–Trinajstić information content (AvgIpc) is 3.21. The Balaban J connectivity index is 1.37. The van der Waals surface area contributed by atoms with E-state index in [2.05, 4.69) is 18.2 Å². The van der Waals surface area contributed by atoms with Gasteiger partial charge in [-0.3, -0.25) is 9.59 Å². The summed E-state index contributed by atoms with van der Waals surface area (Å²) in [6.07, 6.45) is 2.50. The molecule has 2 nitrogen and oxygen atoms in total. The van der Waals surface area contributed by atoms with Crippen LogP contribution in [0.2, 0.25) is 0 Å². The predicted molar refractivity (Wildman–Crippen MR) is 120 cm³/mol. The summed E-state index contributed by atoms with van der Waals surface area (Å²) in [5, 5.41) is 2.23. The molecule has 0 amide bonds. The lowest BCUT2D eigenvalue weighted by molar-refractivity contribution is 0.0957. The lowest BCUT2D eigenvalue weighted by atomic mass is 10.0. The van der Waals surface area contributed by atoms with Gasteiger partial charge in [-0.05, 0) is 49.8 Å². The van der Waals surface area contributed by atoms with Gasteiger partial charge in [0.05, 0.1) is 4.88 Å². The van der Waals surface area contributed by atoms with Crippen LogP contribution < -0.4 is 0 Å². The maximum atomic E-state index is 12.8. The van der Waals surface area contributed by atoms with E-state index in [1.165, 1.54) is 14.8 Å². The monoisotopic (exact) mass is 406 g/mol. The molecule has 0 spiro atoms. The number of carbonyl (C=O) groups is 2. The van der Waals surface area contributed by atoms with Crippen molar-refractivity contribution in [2.75, 3.05) is 0 Å². The second-order valence-electron chi connectivity index (χ2n) is 7.14. The molecule has 0 saturated carbocycles. The number of hydrogen-bond donors (Lipinski definition) is 0. The molecule has 0 fully saturated rings. The van der Waals surface area contributed by atoms with Gasteiger partial charge in [-0.15, -0.1) is 22.7 Å². The molecule has 2 heterocycles. The maximum Gasteiger partial charge on any atom is 0.173 e. The minimum absolute atomic E-state index is 0.195. The summed E-state index contributed by atoms with van der Waals surface area (Å²) < 4.78 is 2.33. The number of hydrogen-bond acceptors (Lipinski definition) is 4. The second-order valence-corrected chi connectivity index (χ2v) is 9.44. The summed E-state index contributed by atoms with van der Waals surface area (Å²) in [7, 11) is 0. The van der Waals surface area contributed by atoms with Gasteiger partial charge in [0.15, 0.2) is 11.6 Å². The molecule has 0 aliphatic heterocycles. The molecule has 0 aliphatic rings. The molecule has 28 heavy (non-hydrogen) atoms. The van der Waals surface area contributed by atoms with E-state index in [4.69, 9.17) is 0 Å². The molecule has 142 valence electrons. The van der Waals surface area contributed by atoms with Crippen molar-refractivity contribution in [3.8, 4) is 0 Å². The highest BCUT2D eigenvalue weighted by molar-refractivity contribution is 7.21. The third kappa shape index (κ3) is 3.54. The Hall–Kier alpha value is -2.30. The van der Waals surface area contributed by atoms with Crippen LogP contribution in [-0.4, -0.2) is 11.6 Å². The molecule has 0 unspecified atom stereocenters. The molecule has 4 heteroatoms. The lowest BCUT2D eigenvalue weighted by Gasteiger charge is -2.03. The van der Waals surface area contributed by atoms with E-state index in [-0.39, 0.29) is 11.6 Å². The first-order chi connectivity index (χ1) is 13.6. The van der Waals surface area contributed by atoms with Crippen LogP contribution in [0.1, 0.15) is 56.2 Å². The summed E-state index contributed by atoms with van der Waals surface area (Å²) >= 11 is 3.26. The van der Waals surface area contributed by atoms with Crippen LogP contribution in [0.3, 0.4) is 0 Å². The number of carbonyl (C=O) groups excluding carboxylic acids is 2. The van der Waals surface area contributed by atoms with Crippen LogP contribution >= 0.6 is 22.7 Å². The Bertz CT molecular complexity index is 1180. The zero-order valence-corrected chi connectivity index (χ0v) is 17.7. The number of aryl methyl sites for hydroxylation is 2. The zero-order chi connectivity index (χ0) is 19.7. The SMILES string of the molecule is Cc1sc2ccccc2c1C(=O)CCCCC(=O)c1sc2ccccc2c1C. The van der Waals surface area contributed by atoms with E-state index >= 15 is 0 Å². The molecule has 0 bridgehead atoms. The Morgan fingerprint density at radius 2 is 1.32 bits per heavy atom. The minimum atomic E-state index is 0.195. The molecule has 0 atom stereocenters. The summed E-state index contributed by atoms with van der Waals surface area (Å²) in [4.78, 5) is 27.4. The Kier molecular flexibility index (Phi) is 5.42. The van der Waals surface area contributed by atoms with Crippen LogP contribution in [0.15, 0.2) is 48.5 Å². The number of fused-ring (bicyclic) bond motifs is 2. The molecule has 4 rings (SSSR count). The smallest absolute Gasteiger partial charge is 0.173 e. The van der Waals surface area contributed by atoms with E-state index in [1.807, 2.05) is 44.2 Å². The first kappa shape index (κ1) is 19.0. The van der Waals surface area contributed by atoms with Gasteiger partial charge in [0, 0.05) is 38.1 Å². The normalized spacial score (nSPS) is 11.4. The first-order valence-electron chi connectivity index (χ1n) is 9.59. The van der Waals surface area contributed by atoms with Crippen LogP contribution in [-0.2, 0) is 0 Å². The largest absolute Gasteiger partial charge is 0.294 e. The van der Waals surface area contributed by atoms with E-state index in [1.54, 1.807) is 22.7 Å². The molecule has 0 saturated heterocycles. The van der Waals surface area contributed by atoms with Gasteiger partial charge in [0.1, 0.15) is 0 Å². The maximum absolute atomic E-state index is 12.8. The summed E-state index contributed by atoms with van der Waals surface area (Å²) in [5.74, 6) is 0.392. The van der Waals surface area contributed by atoms with Crippen molar-refractivity contribution < 1.29 is 9.59 Å². The summed E-state index contributed by atoms with van der Waals surface area (Å²) in [6, 6.07) is 16.2.